The third-order valence-corrected chi connectivity index (χ3v) is 1.98. The van der Waals surface area contributed by atoms with E-state index in [0.29, 0.717) is 13.2 Å². The monoisotopic (exact) mass is 242 g/mol. The Morgan fingerprint density at radius 3 is 3.06 bits per heavy atom. The number of hydrogen-bond acceptors (Lipinski definition) is 5. The fourth-order valence-corrected chi connectivity index (χ4v) is 1.18. The molecule has 0 radical (unpaired) electrons. The van der Waals surface area contributed by atoms with Crippen molar-refractivity contribution in [1.29, 1.82) is 0 Å². The Morgan fingerprint density at radius 1 is 1.71 bits per heavy atom. The van der Waals surface area contributed by atoms with E-state index >= 15 is 0 Å². The van der Waals surface area contributed by atoms with E-state index in [0.717, 1.165) is 12.6 Å². The SMILES string of the molecule is COCCCNC(=O)Cn1cc([N+](=O)[O-])cn1. The summed E-state index contributed by atoms with van der Waals surface area (Å²) in [7, 11) is 1.59. The number of hydrogen-bond donors (Lipinski definition) is 1. The third-order valence-electron chi connectivity index (χ3n) is 1.98. The van der Waals surface area contributed by atoms with E-state index < -0.39 is 4.92 Å². The van der Waals surface area contributed by atoms with E-state index in [1.54, 1.807) is 7.11 Å². The number of nitro groups is 1. The van der Waals surface area contributed by atoms with Crippen molar-refractivity contribution in [3.05, 3.63) is 22.5 Å². The van der Waals surface area contributed by atoms with Crippen LogP contribution in [0.2, 0.25) is 0 Å². The average Bonchev–Trinajstić information content (AvgIpc) is 2.73. The smallest absolute Gasteiger partial charge is 0.307 e. The Kier molecular flexibility index (Phi) is 5.08. The molecule has 1 rings (SSSR count). The van der Waals surface area contributed by atoms with E-state index in [4.69, 9.17) is 4.74 Å². The van der Waals surface area contributed by atoms with Gasteiger partial charge in [0.2, 0.25) is 5.91 Å². The van der Waals surface area contributed by atoms with Crippen LogP contribution in [0.25, 0.3) is 0 Å². The highest BCUT2D eigenvalue weighted by atomic mass is 16.6. The minimum atomic E-state index is -0.556. The molecule has 0 bridgehead atoms. The fourth-order valence-electron chi connectivity index (χ4n) is 1.18. The summed E-state index contributed by atoms with van der Waals surface area (Å²) in [4.78, 5) is 21.2. The van der Waals surface area contributed by atoms with Crippen LogP contribution < -0.4 is 5.32 Å². The standard InChI is InChI=1S/C9H14N4O4/c1-17-4-2-3-10-9(14)7-12-6-8(5-11-12)13(15)16/h5-6H,2-4,7H2,1H3,(H,10,14). The van der Waals surface area contributed by atoms with Gasteiger partial charge in [-0.25, -0.2) is 0 Å². The van der Waals surface area contributed by atoms with Gasteiger partial charge in [-0.1, -0.05) is 0 Å². The highest BCUT2D eigenvalue weighted by molar-refractivity contribution is 5.75. The topological polar surface area (TPSA) is 99.3 Å². The van der Waals surface area contributed by atoms with Crippen molar-refractivity contribution in [1.82, 2.24) is 15.1 Å². The minimum absolute atomic E-state index is 0.0270. The van der Waals surface area contributed by atoms with Crippen LogP contribution >= 0.6 is 0 Å². The van der Waals surface area contributed by atoms with Gasteiger partial charge in [0, 0.05) is 20.3 Å². The normalized spacial score (nSPS) is 10.2. The second-order valence-electron chi connectivity index (χ2n) is 3.35. The van der Waals surface area contributed by atoms with E-state index in [9.17, 15) is 14.9 Å². The van der Waals surface area contributed by atoms with Crippen LogP contribution in [0.5, 0.6) is 0 Å². The van der Waals surface area contributed by atoms with Crippen molar-refractivity contribution >= 4 is 11.6 Å². The van der Waals surface area contributed by atoms with E-state index in [-0.39, 0.29) is 18.1 Å². The van der Waals surface area contributed by atoms with Crippen molar-refractivity contribution in [3.63, 3.8) is 0 Å². The average molecular weight is 242 g/mol. The van der Waals surface area contributed by atoms with Crippen molar-refractivity contribution in [2.75, 3.05) is 20.3 Å². The zero-order valence-corrected chi connectivity index (χ0v) is 9.46. The van der Waals surface area contributed by atoms with E-state index in [1.807, 2.05) is 0 Å². The molecule has 8 nitrogen and oxygen atoms in total. The second kappa shape index (κ2) is 6.59. The molecule has 17 heavy (non-hydrogen) atoms. The molecule has 1 amide bonds. The summed E-state index contributed by atoms with van der Waals surface area (Å²) in [6, 6.07) is 0. The zero-order chi connectivity index (χ0) is 12.7. The number of amides is 1. The van der Waals surface area contributed by atoms with Gasteiger partial charge in [-0.2, -0.15) is 5.10 Å². The molecule has 1 aromatic heterocycles. The van der Waals surface area contributed by atoms with E-state index in [2.05, 4.69) is 10.4 Å². The molecule has 0 spiro atoms. The Hall–Kier alpha value is -1.96. The van der Waals surface area contributed by atoms with E-state index in [1.165, 1.54) is 10.9 Å². The maximum Gasteiger partial charge on any atom is 0.307 e. The first-order chi connectivity index (χ1) is 8.13. The first-order valence-corrected chi connectivity index (χ1v) is 5.06. The Morgan fingerprint density at radius 2 is 2.47 bits per heavy atom. The van der Waals surface area contributed by atoms with Gasteiger partial charge in [-0.05, 0) is 6.42 Å². The molecule has 1 aromatic rings. The number of nitrogens with one attached hydrogen (secondary N) is 1. The molecular formula is C9H14N4O4. The molecule has 0 saturated carbocycles. The lowest BCUT2D eigenvalue weighted by Gasteiger charge is -2.04. The predicted octanol–water partition coefficient (Wildman–Crippen LogP) is -0.0560. The van der Waals surface area contributed by atoms with Crippen molar-refractivity contribution in [3.8, 4) is 0 Å². The molecule has 0 aliphatic heterocycles. The van der Waals surface area contributed by atoms with Crippen LogP contribution in [-0.4, -0.2) is 40.9 Å². The summed E-state index contributed by atoms with van der Waals surface area (Å²) in [6.07, 6.45) is 3.05. The quantitative estimate of drug-likeness (QED) is 0.410. The third kappa shape index (κ3) is 4.60. The first kappa shape index (κ1) is 13.1. The molecule has 8 heteroatoms. The van der Waals surface area contributed by atoms with Crippen molar-refractivity contribution in [2.24, 2.45) is 0 Å². The van der Waals surface area contributed by atoms with Gasteiger partial charge in [-0.3, -0.25) is 19.6 Å². The summed E-state index contributed by atoms with van der Waals surface area (Å²) < 4.78 is 6.05. The second-order valence-corrected chi connectivity index (χ2v) is 3.35. The number of carbonyl (C=O) groups excluding carboxylic acids is 1. The number of nitrogens with zero attached hydrogens (tertiary/aromatic N) is 3. The van der Waals surface area contributed by atoms with Gasteiger partial charge in [0.25, 0.3) is 0 Å². The maximum atomic E-state index is 11.4. The van der Waals surface area contributed by atoms with Gasteiger partial charge in [0.05, 0.1) is 4.92 Å². The van der Waals surface area contributed by atoms with Crippen LogP contribution in [-0.2, 0) is 16.1 Å². The summed E-state index contributed by atoms with van der Waals surface area (Å²) in [5.74, 6) is -0.237. The molecule has 0 aliphatic rings. The van der Waals surface area contributed by atoms with Crippen LogP contribution in [0.3, 0.4) is 0 Å². The molecular weight excluding hydrogens is 228 g/mol. The molecule has 1 heterocycles. The van der Waals surface area contributed by atoms with Crippen molar-refractivity contribution < 1.29 is 14.5 Å². The molecule has 0 saturated heterocycles. The molecule has 0 aromatic carbocycles. The molecule has 0 atom stereocenters. The Bertz CT molecular complexity index is 390. The van der Waals surface area contributed by atoms with Gasteiger partial charge in [0.15, 0.2) is 0 Å². The molecule has 1 N–H and O–H groups in total. The number of methoxy groups -OCH3 is 1. The Balaban J connectivity index is 2.32. The highest BCUT2D eigenvalue weighted by Crippen LogP contribution is 2.07. The lowest BCUT2D eigenvalue weighted by molar-refractivity contribution is -0.385. The Labute approximate surface area is 97.7 Å². The lowest BCUT2D eigenvalue weighted by atomic mass is 10.4. The molecule has 94 valence electrons. The maximum absolute atomic E-state index is 11.4. The number of carbonyl (C=O) groups is 1. The van der Waals surface area contributed by atoms with Crippen LogP contribution in [0.15, 0.2) is 12.4 Å². The molecule has 0 fully saturated rings. The highest BCUT2D eigenvalue weighted by Gasteiger charge is 2.10. The predicted molar refractivity (Wildman–Crippen MR) is 58.4 cm³/mol. The van der Waals surface area contributed by atoms with Gasteiger partial charge >= 0.3 is 5.69 Å². The van der Waals surface area contributed by atoms with Crippen LogP contribution in [0.1, 0.15) is 6.42 Å². The molecule has 0 aliphatic carbocycles. The summed E-state index contributed by atoms with van der Waals surface area (Å²) in [5.41, 5.74) is -0.128. The number of aromatic nitrogens is 2. The largest absolute Gasteiger partial charge is 0.385 e. The van der Waals surface area contributed by atoms with Gasteiger partial charge in [0.1, 0.15) is 18.9 Å². The zero-order valence-electron chi connectivity index (χ0n) is 9.46. The fraction of sp³-hybridized carbons (Fsp3) is 0.556. The summed E-state index contributed by atoms with van der Waals surface area (Å²) in [5, 5.41) is 16.7. The molecule has 0 unspecified atom stereocenters. The minimum Gasteiger partial charge on any atom is -0.385 e. The van der Waals surface area contributed by atoms with Crippen LogP contribution in [0, 0.1) is 10.1 Å². The van der Waals surface area contributed by atoms with Gasteiger partial charge in [-0.15, -0.1) is 0 Å². The van der Waals surface area contributed by atoms with Crippen LogP contribution in [0.4, 0.5) is 5.69 Å². The summed E-state index contributed by atoms with van der Waals surface area (Å²) in [6.45, 7) is 1.06. The van der Waals surface area contributed by atoms with Gasteiger partial charge < -0.3 is 10.1 Å². The first-order valence-electron chi connectivity index (χ1n) is 5.06. The lowest BCUT2D eigenvalue weighted by Crippen LogP contribution is -2.29. The number of ether oxygens (including phenoxy) is 1. The number of rotatable bonds is 7. The van der Waals surface area contributed by atoms with Crippen molar-refractivity contribution in [2.45, 2.75) is 13.0 Å². The summed E-state index contributed by atoms with van der Waals surface area (Å²) >= 11 is 0.